The number of hydrogen-bond donors (Lipinski definition) is 1. The quantitative estimate of drug-likeness (QED) is 0.779. The molecule has 15 heavy (non-hydrogen) atoms. The SMILES string of the molecule is COC1(C(O)CCC(C)(C)C)CCCC1. The molecule has 0 radical (unpaired) electrons. The number of ether oxygens (including phenoxy) is 1. The van der Waals surface area contributed by atoms with Gasteiger partial charge in [-0.05, 0) is 31.1 Å². The first-order valence-corrected chi connectivity index (χ1v) is 6.13. The van der Waals surface area contributed by atoms with Gasteiger partial charge in [0.25, 0.3) is 0 Å². The Kier molecular flexibility index (Phi) is 4.19. The summed E-state index contributed by atoms with van der Waals surface area (Å²) in [6.45, 7) is 6.65. The Morgan fingerprint density at radius 2 is 1.80 bits per heavy atom. The van der Waals surface area contributed by atoms with Gasteiger partial charge in [0.1, 0.15) is 0 Å². The second kappa shape index (κ2) is 4.84. The summed E-state index contributed by atoms with van der Waals surface area (Å²) in [4.78, 5) is 0. The monoisotopic (exact) mass is 214 g/mol. The molecule has 0 aromatic rings. The molecule has 1 aliphatic rings. The van der Waals surface area contributed by atoms with Crippen molar-refractivity contribution in [2.75, 3.05) is 7.11 Å². The normalized spacial score (nSPS) is 23.0. The van der Waals surface area contributed by atoms with Crippen molar-refractivity contribution in [2.24, 2.45) is 5.41 Å². The van der Waals surface area contributed by atoms with Gasteiger partial charge < -0.3 is 9.84 Å². The van der Waals surface area contributed by atoms with E-state index in [1.165, 1.54) is 12.8 Å². The highest BCUT2D eigenvalue weighted by atomic mass is 16.5. The van der Waals surface area contributed by atoms with E-state index < -0.39 is 0 Å². The predicted octanol–water partition coefficient (Wildman–Crippen LogP) is 3.13. The molecule has 0 aromatic heterocycles. The average Bonchev–Trinajstić information content (AvgIpc) is 2.62. The van der Waals surface area contributed by atoms with Crippen molar-refractivity contribution < 1.29 is 9.84 Å². The van der Waals surface area contributed by atoms with Gasteiger partial charge in [-0.3, -0.25) is 0 Å². The fourth-order valence-corrected chi connectivity index (χ4v) is 2.48. The van der Waals surface area contributed by atoms with Gasteiger partial charge >= 0.3 is 0 Å². The number of methoxy groups -OCH3 is 1. The molecular weight excluding hydrogens is 188 g/mol. The van der Waals surface area contributed by atoms with Crippen LogP contribution in [0.2, 0.25) is 0 Å². The van der Waals surface area contributed by atoms with E-state index in [-0.39, 0.29) is 11.7 Å². The van der Waals surface area contributed by atoms with Crippen LogP contribution in [0.1, 0.15) is 59.3 Å². The van der Waals surface area contributed by atoms with Crippen molar-refractivity contribution >= 4 is 0 Å². The lowest BCUT2D eigenvalue weighted by atomic mass is 9.84. The molecule has 1 saturated carbocycles. The van der Waals surface area contributed by atoms with Crippen LogP contribution in [0.15, 0.2) is 0 Å². The Bertz CT molecular complexity index is 187. The zero-order valence-corrected chi connectivity index (χ0v) is 10.7. The van der Waals surface area contributed by atoms with Crippen LogP contribution in [0, 0.1) is 5.41 Å². The van der Waals surface area contributed by atoms with Crippen LogP contribution in [0.4, 0.5) is 0 Å². The molecule has 1 aliphatic carbocycles. The maximum Gasteiger partial charge on any atom is 0.0936 e. The first-order valence-electron chi connectivity index (χ1n) is 6.13. The zero-order chi connectivity index (χ0) is 11.5. The van der Waals surface area contributed by atoms with Crippen molar-refractivity contribution in [3.05, 3.63) is 0 Å². The second-order valence-electron chi connectivity index (χ2n) is 6.09. The van der Waals surface area contributed by atoms with Crippen molar-refractivity contribution in [1.82, 2.24) is 0 Å². The van der Waals surface area contributed by atoms with E-state index in [2.05, 4.69) is 20.8 Å². The van der Waals surface area contributed by atoms with E-state index in [0.717, 1.165) is 25.7 Å². The smallest absolute Gasteiger partial charge is 0.0936 e. The van der Waals surface area contributed by atoms with Gasteiger partial charge in [0.15, 0.2) is 0 Å². The summed E-state index contributed by atoms with van der Waals surface area (Å²) in [5, 5.41) is 10.2. The molecule has 1 rings (SSSR count). The molecule has 1 fully saturated rings. The lowest BCUT2D eigenvalue weighted by molar-refractivity contribution is -0.103. The highest BCUT2D eigenvalue weighted by molar-refractivity contribution is 4.93. The van der Waals surface area contributed by atoms with Crippen LogP contribution in [0.5, 0.6) is 0 Å². The molecule has 0 heterocycles. The van der Waals surface area contributed by atoms with Crippen molar-refractivity contribution in [2.45, 2.75) is 71.0 Å². The third-order valence-electron chi connectivity index (χ3n) is 3.63. The van der Waals surface area contributed by atoms with Gasteiger partial charge in [-0.1, -0.05) is 33.6 Å². The molecule has 0 aromatic carbocycles. The first kappa shape index (κ1) is 13.0. The molecule has 2 nitrogen and oxygen atoms in total. The van der Waals surface area contributed by atoms with E-state index >= 15 is 0 Å². The van der Waals surface area contributed by atoms with Gasteiger partial charge in [0.2, 0.25) is 0 Å². The second-order valence-corrected chi connectivity index (χ2v) is 6.09. The minimum atomic E-state index is -0.288. The lowest BCUT2D eigenvalue weighted by Gasteiger charge is -2.34. The van der Waals surface area contributed by atoms with Gasteiger partial charge in [-0.25, -0.2) is 0 Å². The highest BCUT2D eigenvalue weighted by Crippen LogP contribution is 2.38. The summed E-state index contributed by atoms with van der Waals surface area (Å²) in [6.07, 6.45) is 6.06. The van der Waals surface area contributed by atoms with Gasteiger partial charge in [0.05, 0.1) is 11.7 Å². The first-order chi connectivity index (χ1) is 6.90. The molecule has 2 heteroatoms. The van der Waals surface area contributed by atoms with Gasteiger partial charge in [-0.2, -0.15) is 0 Å². The number of aliphatic hydroxyl groups is 1. The molecule has 0 aliphatic heterocycles. The molecule has 90 valence electrons. The topological polar surface area (TPSA) is 29.5 Å². The van der Waals surface area contributed by atoms with Crippen LogP contribution in [-0.4, -0.2) is 23.9 Å². The molecule has 0 saturated heterocycles. The molecule has 1 unspecified atom stereocenters. The van der Waals surface area contributed by atoms with E-state index in [4.69, 9.17) is 4.74 Å². The van der Waals surface area contributed by atoms with Crippen LogP contribution in [0.25, 0.3) is 0 Å². The maximum atomic E-state index is 10.2. The van der Waals surface area contributed by atoms with Crippen molar-refractivity contribution in [1.29, 1.82) is 0 Å². The van der Waals surface area contributed by atoms with E-state index in [1.54, 1.807) is 7.11 Å². The summed E-state index contributed by atoms with van der Waals surface area (Å²) in [7, 11) is 1.74. The molecule has 0 bridgehead atoms. The lowest BCUT2D eigenvalue weighted by Crippen LogP contribution is -2.42. The Labute approximate surface area is 94.0 Å². The summed E-state index contributed by atoms with van der Waals surface area (Å²) < 4.78 is 5.58. The standard InChI is InChI=1S/C13H26O2/c1-12(2,3)10-7-11(14)13(15-4)8-5-6-9-13/h11,14H,5-10H2,1-4H3. The van der Waals surface area contributed by atoms with Crippen LogP contribution < -0.4 is 0 Å². The fraction of sp³-hybridized carbons (Fsp3) is 1.00. The van der Waals surface area contributed by atoms with E-state index in [9.17, 15) is 5.11 Å². The Hall–Kier alpha value is -0.0800. The van der Waals surface area contributed by atoms with E-state index in [1.807, 2.05) is 0 Å². The predicted molar refractivity (Wildman–Crippen MR) is 62.9 cm³/mol. The van der Waals surface area contributed by atoms with Crippen LogP contribution in [-0.2, 0) is 4.74 Å². The van der Waals surface area contributed by atoms with Crippen LogP contribution in [0.3, 0.4) is 0 Å². The van der Waals surface area contributed by atoms with Gasteiger partial charge in [-0.15, -0.1) is 0 Å². The van der Waals surface area contributed by atoms with Crippen molar-refractivity contribution in [3.8, 4) is 0 Å². The third kappa shape index (κ3) is 3.46. The van der Waals surface area contributed by atoms with Gasteiger partial charge in [0, 0.05) is 7.11 Å². The Balaban J connectivity index is 2.47. The number of aliphatic hydroxyl groups excluding tert-OH is 1. The summed E-state index contributed by atoms with van der Waals surface area (Å²) in [5.41, 5.74) is 0.0692. The van der Waals surface area contributed by atoms with E-state index in [0.29, 0.717) is 5.41 Å². The fourth-order valence-electron chi connectivity index (χ4n) is 2.48. The molecule has 1 N–H and O–H groups in total. The maximum absolute atomic E-state index is 10.2. The summed E-state index contributed by atoms with van der Waals surface area (Å²) in [5.74, 6) is 0. The number of hydrogen-bond acceptors (Lipinski definition) is 2. The zero-order valence-electron chi connectivity index (χ0n) is 10.7. The molecule has 0 amide bonds. The Morgan fingerprint density at radius 3 is 2.20 bits per heavy atom. The third-order valence-corrected chi connectivity index (χ3v) is 3.63. The molecule has 0 spiro atoms. The minimum Gasteiger partial charge on any atom is -0.390 e. The largest absolute Gasteiger partial charge is 0.390 e. The Morgan fingerprint density at radius 1 is 1.27 bits per heavy atom. The minimum absolute atomic E-state index is 0.231. The molecule has 1 atom stereocenters. The molecular formula is C13H26O2. The summed E-state index contributed by atoms with van der Waals surface area (Å²) >= 11 is 0. The average molecular weight is 214 g/mol. The highest BCUT2D eigenvalue weighted by Gasteiger charge is 2.40. The van der Waals surface area contributed by atoms with Crippen LogP contribution >= 0.6 is 0 Å². The number of rotatable bonds is 4. The van der Waals surface area contributed by atoms with Crippen molar-refractivity contribution in [3.63, 3.8) is 0 Å². The summed E-state index contributed by atoms with van der Waals surface area (Å²) in [6, 6.07) is 0.